The molecular formula is C14H14BrNO. The maximum atomic E-state index is 6.00. The molecule has 0 radical (unpaired) electrons. The molecule has 0 saturated carbocycles. The lowest BCUT2D eigenvalue weighted by molar-refractivity contribution is 0.415. The number of ether oxygens (including phenoxy) is 1. The van der Waals surface area contributed by atoms with Crippen LogP contribution in [0.3, 0.4) is 0 Å². The van der Waals surface area contributed by atoms with Gasteiger partial charge < -0.3 is 10.5 Å². The quantitative estimate of drug-likeness (QED) is 0.877. The van der Waals surface area contributed by atoms with Crippen LogP contribution in [0.2, 0.25) is 0 Å². The third kappa shape index (κ3) is 2.80. The second-order valence-electron chi connectivity index (χ2n) is 3.83. The van der Waals surface area contributed by atoms with Gasteiger partial charge in [-0.15, -0.1) is 0 Å². The first kappa shape index (κ1) is 12.0. The molecule has 88 valence electrons. The highest BCUT2D eigenvalue weighted by molar-refractivity contribution is 9.10. The Morgan fingerprint density at radius 1 is 1.12 bits per heavy atom. The van der Waals surface area contributed by atoms with E-state index in [0.29, 0.717) is 0 Å². The average molecular weight is 292 g/mol. The molecule has 0 unspecified atom stereocenters. The Kier molecular flexibility index (Phi) is 3.69. The van der Waals surface area contributed by atoms with Gasteiger partial charge in [0.05, 0.1) is 7.11 Å². The zero-order chi connectivity index (χ0) is 12.3. The van der Waals surface area contributed by atoms with E-state index in [4.69, 9.17) is 10.5 Å². The molecule has 0 amide bonds. The van der Waals surface area contributed by atoms with Crippen LogP contribution >= 0.6 is 15.9 Å². The lowest BCUT2D eigenvalue weighted by atomic mass is 10.0. The van der Waals surface area contributed by atoms with E-state index in [1.165, 1.54) is 5.56 Å². The summed E-state index contributed by atoms with van der Waals surface area (Å²) in [5.41, 5.74) is 9.10. The van der Waals surface area contributed by atoms with E-state index >= 15 is 0 Å². The maximum Gasteiger partial charge on any atom is 0.120 e. The fraction of sp³-hybridized carbons (Fsp3) is 0.143. The van der Waals surface area contributed by atoms with Crippen molar-refractivity contribution >= 4 is 21.6 Å². The van der Waals surface area contributed by atoms with Gasteiger partial charge in [0.15, 0.2) is 0 Å². The highest BCUT2D eigenvalue weighted by Crippen LogP contribution is 2.25. The van der Waals surface area contributed by atoms with Crippen LogP contribution in [0.4, 0.5) is 5.69 Å². The van der Waals surface area contributed by atoms with Crippen LogP contribution < -0.4 is 10.5 Å². The van der Waals surface area contributed by atoms with Gasteiger partial charge in [-0.05, 0) is 23.3 Å². The van der Waals surface area contributed by atoms with Crippen molar-refractivity contribution in [3.05, 3.63) is 58.1 Å². The zero-order valence-corrected chi connectivity index (χ0v) is 11.2. The highest BCUT2D eigenvalue weighted by atomic mass is 79.9. The molecule has 0 atom stereocenters. The Bertz CT molecular complexity index is 525. The monoisotopic (exact) mass is 291 g/mol. The summed E-state index contributed by atoms with van der Waals surface area (Å²) in [5, 5.41) is 0. The van der Waals surface area contributed by atoms with E-state index in [1.54, 1.807) is 7.11 Å². The van der Waals surface area contributed by atoms with Crippen molar-refractivity contribution in [3.8, 4) is 5.75 Å². The molecular weight excluding hydrogens is 278 g/mol. The Hall–Kier alpha value is -1.48. The number of nitrogen functional groups attached to an aromatic ring is 1. The first-order valence-corrected chi connectivity index (χ1v) is 6.16. The SMILES string of the molecule is COc1ccc(Cc2ccccc2Br)c(N)c1. The van der Waals surface area contributed by atoms with Crippen LogP contribution in [0.5, 0.6) is 5.75 Å². The van der Waals surface area contributed by atoms with Gasteiger partial charge in [-0.2, -0.15) is 0 Å². The molecule has 0 spiro atoms. The standard InChI is InChI=1S/C14H14BrNO/c1-17-12-7-6-11(14(16)9-12)8-10-4-2-3-5-13(10)15/h2-7,9H,8,16H2,1H3. The summed E-state index contributed by atoms with van der Waals surface area (Å²) in [4.78, 5) is 0. The van der Waals surface area contributed by atoms with Crippen molar-refractivity contribution in [3.63, 3.8) is 0 Å². The third-order valence-corrected chi connectivity index (χ3v) is 3.47. The van der Waals surface area contributed by atoms with Crippen LogP contribution in [0.25, 0.3) is 0 Å². The minimum Gasteiger partial charge on any atom is -0.497 e. The summed E-state index contributed by atoms with van der Waals surface area (Å²) in [5.74, 6) is 0.790. The molecule has 0 aliphatic carbocycles. The molecule has 0 fully saturated rings. The lowest BCUT2D eigenvalue weighted by Gasteiger charge is -2.09. The van der Waals surface area contributed by atoms with E-state index in [-0.39, 0.29) is 0 Å². The second-order valence-corrected chi connectivity index (χ2v) is 4.69. The van der Waals surface area contributed by atoms with E-state index < -0.39 is 0 Å². The van der Waals surface area contributed by atoms with Gasteiger partial charge in [0.25, 0.3) is 0 Å². The van der Waals surface area contributed by atoms with E-state index in [0.717, 1.165) is 27.9 Å². The number of nitrogens with two attached hydrogens (primary N) is 1. The van der Waals surface area contributed by atoms with Crippen LogP contribution in [0.1, 0.15) is 11.1 Å². The first-order chi connectivity index (χ1) is 8.20. The van der Waals surface area contributed by atoms with Gasteiger partial charge in [-0.25, -0.2) is 0 Å². The largest absolute Gasteiger partial charge is 0.497 e. The topological polar surface area (TPSA) is 35.2 Å². The maximum absolute atomic E-state index is 6.00. The number of anilines is 1. The smallest absolute Gasteiger partial charge is 0.120 e. The molecule has 2 aromatic rings. The van der Waals surface area contributed by atoms with Crippen LogP contribution in [0.15, 0.2) is 46.9 Å². The Labute approximate surface area is 110 Å². The molecule has 2 nitrogen and oxygen atoms in total. The molecule has 17 heavy (non-hydrogen) atoms. The van der Waals surface area contributed by atoms with Crippen molar-refractivity contribution in [1.29, 1.82) is 0 Å². The van der Waals surface area contributed by atoms with Gasteiger partial charge in [-0.1, -0.05) is 40.2 Å². The number of hydrogen-bond donors (Lipinski definition) is 1. The van der Waals surface area contributed by atoms with Crippen molar-refractivity contribution in [2.24, 2.45) is 0 Å². The van der Waals surface area contributed by atoms with Gasteiger partial charge in [-0.3, -0.25) is 0 Å². The van der Waals surface area contributed by atoms with Crippen LogP contribution in [0, 0.1) is 0 Å². The minimum atomic E-state index is 0.764. The van der Waals surface area contributed by atoms with Crippen LogP contribution in [-0.2, 0) is 6.42 Å². The van der Waals surface area contributed by atoms with Gasteiger partial charge >= 0.3 is 0 Å². The number of rotatable bonds is 3. The van der Waals surface area contributed by atoms with Gasteiger partial charge in [0.2, 0.25) is 0 Å². The first-order valence-electron chi connectivity index (χ1n) is 5.36. The summed E-state index contributed by atoms with van der Waals surface area (Å²) >= 11 is 3.54. The molecule has 0 aliphatic rings. The normalized spacial score (nSPS) is 10.2. The molecule has 2 aromatic carbocycles. The fourth-order valence-corrected chi connectivity index (χ4v) is 2.13. The van der Waals surface area contributed by atoms with Crippen molar-refractivity contribution in [2.75, 3.05) is 12.8 Å². The summed E-state index contributed by atoms with van der Waals surface area (Å²) in [7, 11) is 1.64. The average Bonchev–Trinajstić information content (AvgIpc) is 2.34. The van der Waals surface area contributed by atoms with Gasteiger partial charge in [0, 0.05) is 22.6 Å². The molecule has 0 bridgehead atoms. The number of halogens is 1. The highest BCUT2D eigenvalue weighted by Gasteiger charge is 2.04. The minimum absolute atomic E-state index is 0.764. The number of hydrogen-bond acceptors (Lipinski definition) is 2. The number of benzene rings is 2. The van der Waals surface area contributed by atoms with E-state index in [2.05, 4.69) is 22.0 Å². The van der Waals surface area contributed by atoms with Gasteiger partial charge in [0.1, 0.15) is 5.75 Å². The third-order valence-electron chi connectivity index (χ3n) is 2.69. The predicted molar refractivity (Wildman–Crippen MR) is 74.4 cm³/mol. The fourth-order valence-electron chi connectivity index (χ4n) is 1.71. The molecule has 0 saturated heterocycles. The van der Waals surface area contributed by atoms with E-state index in [1.807, 2.05) is 36.4 Å². The molecule has 3 heteroatoms. The second kappa shape index (κ2) is 5.23. The Balaban J connectivity index is 2.28. The summed E-state index contributed by atoms with van der Waals surface area (Å²) in [6, 6.07) is 14.0. The zero-order valence-electron chi connectivity index (χ0n) is 9.61. The van der Waals surface area contributed by atoms with Crippen molar-refractivity contribution < 1.29 is 4.74 Å². The lowest BCUT2D eigenvalue weighted by Crippen LogP contribution is -1.97. The van der Waals surface area contributed by atoms with Crippen molar-refractivity contribution in [1.82, 2.24) is 0 Å². The van der Waals surface area contributed by atoms with Crippen LogP contribution in [-0.4, -0.2) is 7.11 Å². The Morgan fingerprint density at radius 3 is 2.53 bits per heavy atom. The molecule has 2 N–H and O–H groups in total. The summed E-state index contributed by atoms with van der Waals surface area (Å²) < 4.78 is 6.24. The summed E-state index contributed by atoms with van der Waals surface area (Å²) in [6.07, 6.45) is 0.817. The molecule has 2 rings (SSSR count). The molecule has 0 heterocycles. The van der Waals surface area contributed by atoms with E-state index in [9.17, 15) is 0 Å². The Morgan fingerprint density at radius 2 is 1.88 bits per heavy atom. The number of methoxy groups -OCH3 is 1. The predicted octanol–water partition coefficient (Wildman–Crippen LogP) is 3.63. The molecule has 0 aromatic heterocycles. The molecule has 0 aliphatic heterocycles. The summed E-state index contributed by atoms with van der Waals surface area (Å²) in [6.45, 7) is 0. The van der Waals surface area contributed by atoms with Crippen molar-refractivity contribution in [2.45, 2.75) is 6.42 Å².